The van der Waals surface area contributed by atoms with Gasteiger partial charge in [-0.05, 0) is 86.3 Å². The molecule has 0 atom stereocenters. The number of carbonyl (C=O) groups is 4. The van der Waals surface area contributed by atoms with E-state index in [1.165, 1.54) is 0 Å². The molecular formula is C28H31N3O6S. The highest BCUT2D eigenvalue weighted by molar-refractivity contribution is 8.18. The molecule has 0 unspecified atom stereocenters. The summed E-state index contributed by atoms with van der Waals surface area (Å²) < 4.78 is 11.4. The molecule has 2 heterocycles. The summed E-state index contributed by atoms with van der Waals surface area (Å²) in [6.45, 7) is 4.99. The molecule has 38 heavy (non-hydrogen) atoms. The molecule has 0 aliphatic carbocycles. The topological polar surface area (TPSA) is 105 Å². The molecule has 0 radical (unpaired) electrons. The van der Waals surface area contributed by atoms with Gasteiger partial charge in [0.1, 0.15) is 6.54 Å². The smallest absolute Gasteiger partial charge is 0.294 e. The Bertz CT molecular complexity index is 1250. The summed E-state index contributed by atoms with van der Waals surface area (Å²) in [5, 5.41) is 2.33. The van der Waals surface area contributed by atoms with Crippen molar-refractivity contribution >= 4 is 46.5 Å². The van der Waals surface area contributed by atoms with Crippen molar-refractivity contribution in [1.82, 2.24) is 9.80 Å². The zero-order chi connectivity index (χ0) is 27.1. The van der Waals surface area contributed by atoms with E-state index in [0.29, 0.717) is 42.4 Å². The number of likely N-dealkylation sites (tertiary alicyclic amines) is 1. The highest BCUT2D eigenvalue weighted by Crippen LogP contribution is 2.35. The maximum atomic E-state index is 12.9. The van der Waals surface area contributed by atoms with Crippen LogP contribution in [0.25, 0.3) is 6.08 Å². The largest absolute Gasteiger partial charge is 0.490 e. The van der Waals surface area contributed by atoms with Crippen molar-refractivity contribution in [1.29, 1.82) is 0 Å². The van der Waals surface area contributed by atoms with E-state index in [4.69, 9.17) is 9.47 Å². The highest BCUT2D eigenvalue weighted by Gasteiger charge is 2.37. The normalized spacial score (nSPS) is 16.6. The van der Waals surface area contributed by atoms with E-state index in [9.17, 15) is 19.2 Å². The second-order valence-electron chi connectivity index (χ2n) is 9.05. The van der Waals surface area contributed by atoms with Crippen LogP contribution in [0.1, 0.15) is 37.3 Å². The number of imide groups is 1. The van der Waals surface area contributed by atoms with Crippen molar-refractivity contribution in [3.8, 4) is 11.5 Å². The van der Waals surface area contributed by atoms with Gasteiger partial charge in [-0.15, -0.1) is 0 Å². The van der Waals surface area contributed by atoms with Crippen molar-refractivity contribution in [2.24, 2.45) is 0 Å². The summed E-state index contributed by atoms with van der Waals surface area (Å²) in [7, 11) is 0. The fraction of sp³-hybridized carbons (Fsp3) is 0.357. The van der Waals surface area contributed by atoms with Crippen molar-refractivity contribution in [2.75, 3.05) is 38.2 Å². The molecule has 2 aromatic rings. The number of nitrogens with zero attached hydrogens (tertiary/aromatic N) is 2. The summed E-state index contributed by atoms with van der Waals surface area (Å²) in [4.78, 5) is 53.3. The molecule has 9 nitrogen and oxygen atoms in total. The quantitative estimate of drug-likeness (QED) is 0.471. The van der Waals surface area contributed by atoms with Gasteiger partial charge in [-0.1, -0.05) is 18.2 Å². The fourth-order valence-corrected chi connectivity index (χ4v) is 5.07. The van der Waals surface area contributed by atoms with Crippen LogP contribution in [-0.2, 0) is 14.4 Å². The Labute approximate surface area is 226 Å². The van der Waals surface area contributed by atoms with Crippen LogP contribution in [0, 0.1) is 6.92 Å². The number of rotatable bonds is 9. The minimum Gasteiger partial charge on any atom is -0.490 e. The Balaban J connectivity index is 1.41. The van der Waals surface area contributed by atoms with E-state index >= 15 is 0 Å². The molecule has 2 fully saturated rings. The van der Waals surface area contributed by atoms with Crippen molar-refractivity contribution in [3.05, 3.63) is 58.5 Å². The van der Waals surface area contributed by atoms with Crippen molar-refractivity contribution < 1.29 is 28.7 Å². The number of ether oxygens (including phenoxy) is 2. The molecule has 0 saturated carbocycles. The van der Waals surface area contributed by atoms with Crippen LogP contribution in [0.2, 0.25) is 0 Å². The number of carbonyl (C=O) groups excluding carboxylic acids is 4. The summed E-state index contributed by atoms with van der Waals surface area (Å²) in [5.74, 6) is -0.223. The molecule has 4 rings (SSSR count). The maximum Gasteiger partial charge on any atom is 0.294 e. The van der Waals surface area contributed by atoms with E-state index in [1.807, 2.05) is 32.0 Å². The fourth-order valence-electron chi connectivity index (χ4n) is 4.23. The summed E-state index contributed by atoms with van der Waals surface area (Å²) in [6.07, 6.45) is 4.55. The van der Waals surface area contributed by atoms with Gasteiger partial charge in [0.2, 0.25) is 5.91 Å². The first-order valence-corrected chi connectivity index (χ1v) is 13.4. The third kappa shape index (κ3) is 6.95. The Morgan fingerprint density at radius 1 is 1.03 bits per heavy atom. The van der Waals surface area contributed by atoms with Gasteiger partial charge in [0.25, 0.3) is 17.1 Å². The molecule has 0 bridgehead atoms. The Kier molecular flexibility index (Phi) is 9.06. The maximum absolute atomic E-state index is 12.9. The number of aryl methyl sites for hydroxylation is 1. The van der Waals surface area contributed by atoms with E-state index in [2.05, 4.69) is 5.32 Å². The van der Waals surface area contributed by atoms with Crippen LogP contribution in [0.15, 0.2) is 47.4 Å². The number of piperidine rings is 1. The van der Waals surface area contributed by atoms with Gasteiger partial charge in [0.15, 0.2) is 18.1 Å². The first-order valence-electron chi connectivity index (χ1n) is 12.6. The highest BCUT2D eigenvalue weighted by atomic mass is 32.2. The number of hydrogen-bond acceptors (Lipinski definition) is 7. The van der Waals surface area contributed by atoms with Crippen molar-refractivity contribution in [2.45, 2.75) is 33.1 Å². The van der Waals surface area contributed by atoms with Gasteiger partial charge in [0.05, 0.1) is 11.5 Å². The van der Waals surface area contributed by atoms with Gasteiger partial charge in [-0.2, -0.15) is 0 Å². The Hall–Kier alpha value is -3.79. The Morgan fingerprint density at radius 3 is 2.55 bits per heavy atom. The second-order valence-corrected chi connectivity index (χ2v) is 10.0. The minimum absolute atomic E-state index is 0.209. The number of nitrogens with one attached hydrogen (secondary N) is 1. The second kappa shape index (κ2) is 12.6. The molecular weight excluding hydrogens is 506 g/mol. The molecule has 10 heteroatoms. The van der Waals surface area contributed by atoms with Crippen LogP contribution in [0.4, 0.5) is 10.5 Å². The van der Waals surface area contributed by atoms with Crippen LogP contribution in [-0.4, -0.2) is 65.6 Å². The van der Waals surface area contributed by atoms with Gasteiger partial charge in [-0.3, -0.25) is 24.1 Å². The van der Waals surface area contributed by atoms with E-state index < -0.39 is 11.1 Å². The molecule has 2 saturated heterocycles. The first-order chi connectivity index (χ1) is 18.3. The number of benzene rings is 2. The monoisotopic (exact) mass is 537 g/mol. The van der Waals surface area contributed by atoms with E-state index in [1.54, 1.807) is 35.2 Å². The summed E-state index contributed by atoms with van der Waals surface area (Å²) >= 11 is 0.808. The number of anilines is 1. The third-order valence-corrected chi connectivity index (χ3v) is 7.01. The lowest BCUT2D eigenvalue weighted by Gasteiger charge is -2.27. The lowest BCUT2D eigenvalue weighted by Crippen LogP contribution is -2.44. The van der Waals surface area contributed by atoms with Gasteiger partial charge in [-0.25, -0.2) is 0 Å². The predicted molar refractivity (Wildman–Crippen MR) is 146 cm³/mol. The van der Waals surface area contributed by atoms with E-state index in [-0.39, 0.29) is 29.9 Å². The van der Waals surface area contributed by atoms with Gasteiger partial charge < -0.3 is 19.7 Å². The number of hydrogen-bond donors (Lipinski definition) is 1. The number of amides is 4. The number of thioether (sulfide) groups is 1. The lowest BCUT2D eigenvalue weighted by molar-refractivity contribution is -0.136. The predicted octanol–water partition coefficient (Wildman–Crippen LogP) is 4.46. The third-order valence-electron chi connectivity index (χ3n) is 6.10. The van der Waals surface area contributed by atoms with Crippen LogP contribution in [0.3, 0.4) is 0 Å². The average Bonchev–Trinajstić information content (AvgIpc) is 3.16. The zero-order valence-corrected chi connectivity index (χ0v) is 22.3. The standard InChI is InChI=1S/C28H31N3O6S/c1-3-36-23-15-20(10-11-22(23)37-18-25(32)29-21-9-7-8-19(2)14-21)16-24-27(34)31(28(35)38-24)17-26(33)30-12-5-4-6-13-30/h7-11,14-16H,3-6,12-13,17-18H2,1-2H3,(H,29,32)/b24-16-. The van der Waals surface area contributed by atoms with Crippen LogP contribution in [0.5, 0.6) is 11.5 Å². The van der Waals surface area contributed by atoms with Gasteiger partial charge in [0, 0.05) is 18.8 Å². The SMILES string of the molecule is CCOc1cc(/C=C2\SC(=O)N(CC(=O)N3CCCCC3)C2=O)ccc1OCC(=O)Nc1cccc(C)c1. The van der Waals surface area contributed by atoms with Crippen LogP contribution >= 0.6 is 11.8 Å². The average molecular weight is 538 g/mol. The molecule has 2 aromatic carbocycles. The Morgan fingerprint density at radius 2 is 1.82 bits per heavy atom. The molecule has 0 spiro atoms. The van der Waals surface area contributed by atoms with E-state index in [0.717, 1.165) is 41.5 Å². The molecule has 2 aliphatic heterocycles. The van der Waals surface area contributed by atoms with Crippen LogP contribution < -0.4 is 14.8 Å². The molecule has 4 amide bonds. The zero-order valence-electron chi connectivity index (χ0n) is 21.5. The molecule has 2 aliphatic rings. The summed E-state index contributed by atoms with van der Waals surface area (Å²) in [6, 6.07) is 12.5. The first kappa shape index (κ1) is 27.3. The minimum atomic E-state index is -0.489. The van der Waals surface area contributed by atoms with Gasteiger partial charge >= 0.3 is 0 Å². The van der Waals surface area contributed by atoms with Crippen molar-refractivity contribution in [3.63, 3.8) is 0 Å². The molecule has 200 valence electrons. The molecule has 0 aromatic heterocycles. The lowest BCUT2D eigenvalue weighted by atomic mass is 10.1. The summed E-state index contributed by atoms with van der Waals surface area (Å²) in [5.41, 5.74) is 2.34. The molecule has 1 N–H and O–H groups in total.